The highest BCUT2D eigenvalue weighted by Gasteiger charge is 2.57. The fraction of sp³-hybridized carbons (Fsp3) is 0.681. The molecule has 9 atom stereocenters. The molecule has 0 heterocycles. The van der Waals surface area contributed by atoms with Crippen molar-refractivity contribution in [2.24, 2.45) is 29.1 Å². The van der Waals surface area contributed by atoms with Crippen molar-refractivity contribution in [3.63, 3.8) is 0 Å². The van der Waals surface area contributed by atoms with Crippen LogP contribution in [0.2, 0.25) is 0 Å². The molecule has 4 unspecified atom stereocenters. The summed E-state index contributed by atoms with van der Waals surface area (Å²) in [5, 5.41) is 26.2. The van der Waals surface area contributed by atoms with E-state index in [9.17, 15) is 50.8 Å². The molecule has 2 aromatic rings. The fourth-order valence-corrected chi connectivity index (χ4v) is 11.6. The molecule has 2 saturated carbocycles. The molecule has 2 aromatic carbocycles. The first-order valence-electron chi connectivity index (χ1n) is 22.5. The number of alkyl halides is 5. The van der Waals surface area contributed by atoms with Crippen molar-refractivity contribution in [2.45, 2.75) is 160 Å². The third kappa shape index (κ3) is 12.8. The molecule has 2 amide bonds. The number of nitrogens with one attached hydrogen (secondary N) is 2. The molecule has 3 aliphatic rings. The largest absolute Gasteiger partial charge is 0.480 e. The highest BCUT2D eigenvalue weighted by molar-refractivity contribution is 7.84. The number of carbonyl (C=O) groups excluding carboxylic acids is 2. The van der Waals surface area contributed by atoms with Gasteiger partial charge in [-0.15, -0.1) is 0 Å². The van der Waals surface area contributed by atoms with Gasteiger partial charge in [0.05, 0.1) is 6.10 Å². The van der Waals surface area contributed by atoms with Gasteiger partial charge >= 0.3 is 24.2 Å². The number of aliphatic carboxylic acids is 1. The lowest BCUT2D eigenvalue weighted by Gasteiger charge is -2.53. The topological polar surface area (TPSA) is 142 Å². The molecule has 0 aromatic heterocycles. The standard InChI is InChI=1S/C47H65F5N2O7S/c1-30(2)41(42(56)53-38(43(57)58)27-31-15-10-9-11-16-31)54-44(59)61-34-18-19-35-33(29-34)28-32(40-36(35)22-24-45(3)37(40)20-21-39(45)55)17-12-7-5-4-6-8-13-25-62(60)26-14-23-46(48,49)47(50,51)52/h9-11,15-16,18-19,29-30,32,36-41,55H,4-8,12-14,17,20-28H2,1-3H3,(H,53,56)(H,54,59)(H,57,58)/t32-,36?,37+,38?,39+,40-,41?,45+,62?/m1/s1. The second kappa shape index (κ2) is 21.9. The first-order valence-corrected chi connectivity index (χ1v) is 24.0. The van der Waals surface area contributed by atoms with Gasteiger partial charge in [0.2, 0.25) is 5.91 Å². The van der Waals surface area contributed by atoms with Gasteiger partial charge in [0.25, 0.3) is 0 Å². The van der Waals surface area contributed by atoms with Gasteiger partial charge in [-0.1, -0.05) is 95.7 Å². The lowest BCUT2D eigenvalue weighted by atomic mass is 9.52. The first kappa shape index (κ1) is 49.4. The van der Waals surface area contributed by atoms with Crippen LogP contribution in [0.4, 0.5) is 26.7 Å². The predicted molar refractivity (Wildman–Crippen MR) is 228 cm³/mol. The smallest absolute Gasteiger partial charge is 0.453 e. The van der Waals surface area contributed by atoms with Crippen LogP contribution in [-0.2, 0) is 33.2 Å². The summed E-state index contributed by atoms with van der Waals surface area (Å²) in [4.78, 5) is 38.7. The third-order valence-corrected chi connectivity index (χ3v) is 15.4. The molecular weight excluding hydrogens is 832 g/mol. The molecule has 0 radical (unpaired) electrons. The summed E-state index contributed by atoms with van der Waals surface area (Å²) in [5.74, 6) is -4.87. The Bertz CT molecular complexity index is 1830. The Kier molecular flexibility index (Phi) is 17.4. The number of unbranched alkanes of at least 4 members (excludes halogenated alkanes) is 6. The number of amides is 2. The maximum atomic E-state index is 13.3. The van der Waals surface area contributed by atoms with E-state index in [1.165, 1.54) is 5.56 Å². The number of rotatable bonds is 22. The number of carboxylic acid groups (broad SMARTS) is 1. The van der Waals surface area contributed by atoms with Crippen LogP contribution in [-0.4, -0.2) is 74.2 Å². The normalized spacial score (nSPS) is 24.9. The zero-order valence-electron chi connectivity index (χ0n) is 36.2. The Labute approximate surface area is 365 Å². The molecule has 0 bridgehead atoms. The minimum Gasteiger partial charge on any atom is -0.480 e. The van der Waals surface area contributed by atoms with Gasteiger partial charge < -0.3 is 25.6 Å². The number of carboxylic acids is 1. The Morgan fingerprint density at radius 3 is 2.21 bits per heavy atom. The van der Waals surface area contributed by atoms with Gasteiger partial charge in [-0.25, -0.2) is 9.59 Å². The Balaban J connectivity index is 1.13. The monoisotopic (exact) mass is 896 g/mol. The van der Waals surface area contributed by atoms with Crippen molar-refractivity contribution >= 4 is 28.8 Å². The van der Waals surface area contributed by atoms with E-state index in [2.05, 4.69) is 23.6 Å². The van der Waals surface area contributed by atoms with Crippen LogP contribution in [0.15, 0.2) is 48.5 Å². The van der Waals surface area contributed by atoms with Gasteiger partial charge in [-0.3, -0.25) is 9.00 Å². The summed E-state index contributed by atoms with van der Waals surface area (Å²) < 4.78 is 81.2. The summed E-state index contributed by atoms with van der Waals surface area (Å²) in [6.45, 7) is 5.77. The van der Waals surface area contributed by atoms with Crippen LogP contribution in [0.25, 0.3) is 0 Å². The Morgan fingerprint density at radius 1 is 0.887 bits per heavy atom. The van der Waals surface area contributed by atoms with Crippen LogP contribution in [0.5, 0.6) is 5.75 Å². The van der Waals surface area contributed by atoms with E-state index in [0.29, 0.717) is 41.6 Å². The average molecular weight is 897 g/mol. The number of ether oxygens (including phenoxy) is 1. The van der Waals surface area contributed by atoms with Crippen molar-refractivity contribution < 1.29 is 55.5 Å². The van der Waals surface area contributed by atoms with E-state index in [-0.39, 0.29) is 29.6 Å². The molecule has 2 fully saturated rings. The number of aliphatic hydroxyl groups excluding tert-OH is 1. The molecule has 62 heavy (non-hydrogen) atoms. The van der Waals surface area contributed by atoms with Gasteiger partial charge in [0, 0.05) is 35.1 Å². The van der Waals surface area contributed by atoms with E-state index in [1.54, 1.807) is 44.2 Å². The van der Waals surface area contributed by atoms with Crippen molar-refractivity contribution in [1.29, 1.82) is 0 Å². The fourth-order valence-electron chi connectivity index (χ4n) is 10.4. The summed E-state index contributed by atoms with van der Waals surface area (Å²) >= 11 is 0. The van der Waals surface area contributed by atoms with Gasteiger partial charge in [0.15, 0.2) is 0 Å². The van der Waals surface area contributed by atoms with Crippen LogP contribution in [0.3, 0.4) is 0 Å². The zero-order chi connectivity index (χ0) is 45.2. The molecule has 0 aliphatic heterocycles. The van der Waals surface area contributed by atoms with E-state index >= 15 is 0 Å². The molecule has 15 heteroatoms. The van der Waals surface area contributed by atoms with Crippen molar-refractivity contribution in [2.75, 3.05) is 11.5 Å². The molecule has 3 aliphatic carbocycles. The van der Waals surface area contributed by atoms with Crippen LogP contribution >= 0.6 is 0 Å². The van der Waals surface area contributed by atoms with Gasteiger partial charge in [0.1, 0.15) is 17.8 Å². The SMILES string of the molecule is CC(C)C(NC(=O)Oc1ccc2c(c1)C[C@@H](CCCCCCCCCS(=O)CCCC(F)(F)C(F)(F)F)[C@@H]1C2CC[C@]2(C)[C@@H](O)CC[C@@H]12)C(=O)NC(Cc1ccccc1)C(=O)O. The maximum Gasteiger partial charge on any atom is 0.453 e. The minimum absolute atomic E-state index is 0.0865. The molecule has 0 saturated heterocycles. The number of aliphatic hydroxyl groups is 1. The van der Waals surface area contributed by atoms with Crippen molar-refractivity contribution in [3.8, 4) is 5.75 Å². The zero-order valence-corrected chi connectivity index (χ0v) is 37.0. The number of benzene rings is 2. The third-order valence-electron chi connectivity index (χ3n) is 13.9. The molecule has 9 nitrogen and oxygen atoms in total. The maximum absolute atomic E-state index is 13.3. The van der Waals surface area contributed by atoms with Crippen LogP contribution in [0, 0.1) is 29.1 Å². The van der Waals surface area contributed by atoms with E-state index < -0.39 is 65.8 Å². The molecule has 346 valence electrons. The number of halogens is 5. The summed E-state index contributed by atoms with van der Waals surface area (Å²) in [6.07, 6.45) is 3.66. The second-order valence-corrected chi connectivity index (χ2v) is 20.2. The second-order valence-electron chi connectivity index (χ2n) is 18.5. The Morgan fingerprint density at radius 2 is 1.55 bits per heavy atom. The molecule has 4 N–H and O–H groups in total. The Hall–Kier alpha value is -3.59. The van der Waals surface area contributed by atoms with Crippen LogP contribution in [0.1, 0.15) is 133 Å². The molecular formula is C47H65F5N2O7S. The predicted octanol–water partition coefficient (Wildman–Crippen LogP) is 9.90. The van der Waals surface area contributed by atoms with Gasteiger partial charge in [-0.2, -0.15) is 22.0 Å². The number of hydrogen-bond donors (Lipinski definition) is 4. The summed E-state index contributed by atoms with van der Waals surface area (Å²) in [6, 6.07) is 12.6. The quantitative estimate of drug-likeness (QED) is 0.0681. The van der Waals surface area contributed by atoms with E-state index in [0.717, 1.165) is 88.2 Å². The summed E-state index contributed by atoms with van der Waals surface area (Å²) in [7, 11) is -1.42. The van der Waals surface area contributed by atoms with Gasteiger partial charge in [-0.05, 0) is 115 Å². The first-order chi connectivity index (χ1) is 29.3. The van der Waals surface area contributed by atoms with Crippen molar-refractivity contribution in [1.82, 2.24) is 10.6 Å². The van der Waals surface area contributed by atoms with Crippen LogP contribution < -0.4 is 15.4 Å². The minimum atomic E-state index is -5.58. The molecule has 0 spiro atoms. The lowest BCUT2D eigenvalue weighted by molar-refractivity contribution is -0.284. The highest BCUT2D eigenvalue weighted by atomic mass is 32.2. The number of fused-ring (bicyclic) bond motifs is 5. The van der Waals surface area contributed by atoms with E-state index in [1.807, 2.05) is 12.1 Å². The highest BCUT2D eigenvalue weighted by Crippen LogP contribution is 2.62. The van der Waals surface area contributed by atoms with Crippen molar-refractivity contribution in [3.05, 3.63) is 65.2 Å². The number of hydrogen-bond acceptors (Lipinski definition) is 6. The summed E-state index contributed by atoms with van der Waals surface area (Å²) in [5.41, 5.74) is 3.04. The lowest BCUT2D eigenvalue weighted by Crippen LogP contribution is -2.54. The average Bonchev–Trinajstić information content (AvgIpc) is 3.51. The molecule has 5 rings (SSSR count). The van der Waals surface area contributed by atoms with E-state index in [4.69, 9.17) is 4.74 Å². The number of carbonyl (C=O) groups is 3.